The molecule has 0 saturated carbocycles. The molecule has 1 unspecified atom stereocenters. The summed E-state index contributed by atoms with van der Waals surface area (Å²) in [6.07, 6.45) is 5.40. The maximum atomic E-state index is 12.4. The maximum absolute atomic E-state index is 12.4. The van der Waals surface area contributed by atoms with Gasteiger partial charge in [0.05, 0.1) is 22.7 Å². The van der Waals surface area contributed by atoms with E-state index in [1.807, 2.05) is 47.6 Å². The summed E-state index contributed by atoms with van der Waals surface area (Å²) in [7, 11) is -2.69. The van der Waals surface area contributed by atoms with Crippen molar-refractivity contribution in [3.63, 3.8) is 0 Å². The van der Waals surface area contributed by atoms with Crippen LogP contribution in [0.4, 0.5) is 11.6 Å². The molecule has 0 aromatic carbocycles. The Kier molecular flexibility index (Phi) is 7.85. The van der Waals surface area contributed by atoms with Crippen molar-refractivity contribution in [1.82, 2.24) is 15.0 Å². The summed E-state index contributed by atoms with van der Waals surface area (Å²) in [6.45, 7) is 13.5. The van der Waals surface area contributed by atoms with Gasteiger partial charge in [0.15, 0.2) is 0 Å². The molecule has 0 amide bonds. The van der Waals surface area contributed by atoms with Gasteiger partial charge in [-0.15, -0.1) is 0 Å². The number of nitrogens with two attached hydrogens (primary N) is 1. The normalized spacial score (nSPS) is 20.9. The number of ether oxygens (including phenoxy) is 2. The van der Waals surface area contributed by atoms with Gasteiger partial charge in [-0.2, -0.15) is 0 Å². The molecule has 216 valence electrons. The van der Waals surface area contributed by atoms with Crippen molar-refractivity contribution in [2.75, 3.05) is 11.6 Å². The summed E-state index contributed by atoms with van der Waals surface area (Å²) in [4.78, 5) is 26.4. The SMILES string of the molecule is CC[C@@](C)(N)c1cnc(O[C@H](C)C[C@@H](C)S(C)(=N)=O)c2cnc(Nc3ccc4c(n3)C(C)(C)[C@H](C)OC4=O)cc12. The second-order valence-corrected chi connectivity index (χ2v) is 14.3. The first kappa shape index (κ1) is 29.7. The van der Waals surface area contributed by atoms with Crippen LogP contribution >= 0.6 is 0 Å². The summed E-state index contributed by atoms with van der Waals surface area (Å²) in [5, 5.41) is 4.50. The zero-order valence-electron chi connectivity index (χ0n) is 24.5. The van der Waals surface area contributed by atoms with Crippen molar-refractivity contribution in [3.8, 4) is 5.88 Å². The highest BCUT2D eigenvalue weighted by molar-refractivity contribution is 7.92. The number of anilines is 2. The van der Waals surface area contributed by atoms with Crippen LogP contribution < -0.4 is 15.8 Å². The summed E-state index contributed by atoms with van der Waals surface area (Å²) >= 11 is 0. The second-order valence-electron chi connectivity index (χ2n) is 11.7. The van der Waals surface area contributed by atoms with Crippen LogP contribution in [-0.2, 0) is 25.4 Å². The average Bonchev–Trinajstić information content (AvgIpc) is 2.87. The van der Waals surface area contributed by atoms with Crippen LogP contribution in [0.15, 0.2) is 30.6 Å². The molecule has 0 saturated heterocycles. The van der Waals surface area contributed by atoms with E-state index in [1.165, 1.54) is 6.26 Å². The number of cyclic esters (lactones) is 1. The Hall–Kier alpha value is -3.31. The summed E-state index contributed by atoms with van der Waals surface area (Å²) < 4.78 is 31.7. The Labute approximate surface area is 236 Å². The standard InChI is InChI=1S/C29H40N6O4S/c1-9-29(7,30)22-15-33-26(38-16(2)12-17(3)40(8,31)37)21-14-32-24(13-20(21)22)34-23-11-10-19-25(35-23)28(5,6)18(4)39-27(19)36/h10-11,13-18,31H,9,12,30H2,1-8H3,(H,32,34,35)/t16-,17-,18+,29-,40?/m1/s1. The number of aromatic nitrogens is 3. The van der Waals surface area contributed by atoms with Crippen molar-refractivity contribution in [2.45, 2.75) is 89.7 Å². The Morgan fingerprint density at radius 1 is 1.23 bits per heavy atom. The van der Waals surface area contributed by atoms with E-state index in [0.29, 0.717) is 47.0 Å². The van der Waals surface area contributed by atoms with Crippen molar-refractivity contribution in [3.05, 3.63) is 47.4 Å². The highest BCUT2D eigenvalue weighted by Crippen LogP contribution is 2.37. The van der Waals surface area contributed by atoms with Gasteiger partial charge >= 0.3 is 5.97 Å². The van der Waals surface area contributed by atoms with Gasteiger partial charge in [0.25, 0.3) is 0 Å². The van der Waals surface area contributed by atoms with Crippen LogP contribution in [0.25, 0.3) is 10.8 Å². The van der Waals surface area contributed by atoms with Gasteiger partial charge < -0.3 is 20.5 Å². The summed E-state index contributed by atoms with van der Waals surface area (Å²) in [5.41, 5.74) is 7.56. The van der Waals surface area contributed by atoms with Crippen LogP contribution in [0.1, 0.15) is 82.9 Å². The molecule has 0 spiro atoms. The van der Waals surface area contributed by atoms with E-state index in [4.69, 9.17) is 25.0 Å². The van der Waals surface area contributed by atoms with Gasteiger partial charge in [0, 0.05) is 44.6 Å². The largest absolute Gasteiger partial charge is 0.474 e. The molecule has 10 nitrogen and oxygen atoms in total. The van der Waals surface area contributed by atoms with Crippen LogP contribution in [-0.4, -0.2) is 48.8 Å². The summed E-state index contributed by atoms with van der Waals surface area (Å²) in [5.74, 6) is 1.14. The number of hydrogen-bond acceptors (Lipinski definition) is 10. The fraction of sp³-hybridized carbons (Fsp3) is 0.517. The van der Waals surface area contributed by atoms with Crippen LogP contribution in [0.3, 0.4) is 0 Å². The number of carbonyl (C=O) groups is 1. The number of fused-ring (bicyclic) bond motifs is 2. The molecule has 4 rings (SSSR count). The predicted octanol–water partition coefficient (Wildman–Crippen LogP) is 5.41. The maximum Gasteiger partial charge on any atom is 0.340 e. The predicted molar refractivity (Wildman–Crippen MR) is 158 cm³/mol. The molecule has 11 heteroatoms. The van der Waals surface area contributed by atoms with Gasteiger partial charge in [0.1, 0.15) is 17.7 Å². The number of hydrogen-bond donors (Lipinski definition) is 3. The molecule has 0 radical (unpaired) electrons. The van der Waals surface area contributed by atoms with Gasteiger partial charge in [0.2, 0.25) is 5.88 Å². The third-order valence-electron chi connectivity index (χ3n) is 8.11. The number of nitrogens with one attached hydrogen (secondary N) is 2. The number of esters is 1. The summed E-state index contributed by atoms with van der Waals surface area (Å²) in [6, 6.07) is 5.37. The van der Waals surface area contributed by atoms with Crippen molar-refractivity contribution in [2.24, 2.45) is 5.73 Å². The third kappa shape index (κ3) is 5.76. The molecule has 3 aromatic rings. The van der Waals surface area contributed by atoms with E-state index in [9.17, 15) is 9.00 Å². The molecule has 40 heavy (non-hydrogen) atoms. The zero-order chi connectivity index (χ0) is 29.6. The number of pyridine rings is 3. The van der Waals surface area contributed by atoms with E-state index in [-0.39, 0.29) is 23.4 Å². The van der Waals surface area contributed by atoms with E-state index in [2.05, 4.69) is 15.3 Å². The molecular formula is C29H40N6O4S. The van der Waals surface area contributed by atoms with E-state index < -0.39 is 20.7 Å². The van der Waals surface area contributed by atoms with E-state index in [0.717, 1.165) is 10.9 Å². The lowest BCUT2D eigenvalue weighted by Crippen LogP contribution is -2.42. The minimum absolute atomic E-state index is 0.311. The second kappa shape index (κ2) is 10.6. The Bertz CT molecular complexity index is 1550. The Morgan fingerprint density at radius 3 is 2.58 bits per heavy atom. The molecule has 3 aromatic heterocycles. The average molecular weight is 569 g/mol. The zero-order valence-corrected chi connectivity index (χ0v) is 25.3. The topological polar surface area (TPSA) is 153 Å². The van der Waals surface area contributed by atoms with Gasteiger partial charge in [-0.3, -0.25) is 4.78 Å². The quantitative estimate of drug-likeness (QED) is 0.287. The van der Waals surface area contributed by atoms with E-state index >= 15 is 0 Å². The van der Waals surface area contributed by atoms with Crippen LogP contribution in [0.2, 0.25) is 0 Å². The van der Waals surface area contributed by atoms with Crippen molar-refractivity contribution in [1.29, 1.82) is 4.78 Å². The Morgan fingerprint density at radius 2 is 1.93 bits per heavy atom. The molecule has 0 aliphatic carbocycles. The smallest absolute Gasteiger partial charge is 0.340 e. The van der Waals surface area contributed by atoms with Gasteiger partial charge in [-0.1, -0.05) is 20.8 Å². The number of carbonyl (C=O) groups excluding carboxylic acids is 1. The lowest BCUT2D eigenvalue weighted by atomic mass is 9.79. The highest BCUT2D eigenvalue weighted by Gasteiger charge is 2.41. The highest BCUT2D eigenvalue weighted by atomic mass is 32.2. The fourth-order valence-electron chi connectivity index (χ4n) is 4.69. The molecule has 0 fully saturated rings. The minimum Gasteiger partial charge on any atom is -0.474 e. The van der Waals surface area contributed by atoms with Crippen molar-refractivity contribution >= 4 is 38.1 Å². The molecule has 1 aliphatic heterocycles. The lowest BCUT2D eigenvalue weighted by Gasteiger charge is -2.36. The first-order valence-corrected chi connectivity index (χ1v) is 15.5. The Balaban J connectivity index is 1.72. The molecule has 1 aliphatic rings. The fourth-order valence-corrected chi connectivity index (χ4v) is 5.33. The molecule has 4 N–H and O–H groups in total. The van der Waals surface area contributed by atoms with Gasteiger partial charge in [-0.25, -0.2) is 24.0 Å². The number of rotatable bonds is 9. The lowest BCUT2D eigenvalue weighted by molar-refractivity contribution is 0.00864. The monoisotopic (exact) mass is 568 g/mol. The van der Waals surface area contributed by atoms with Gasteiger partial charge in [-0.05, 0) is 69.7 Å². The minimum atomic E-state index is -2.69. The first-order valence-electron chi connectivity index (χ1n) is 13.5. The molecule has 5 atom stereocenters. The van der Waals surface area contributed by atoms with Crippen LogP contribution in [0, 0.1) is 4.78 Å². The van der Waals surface area contributed by atoms with Crippen LogP contribution in [0.5, 0.6) is 5.88 Å². The molecule has 4 heterocycles. The first-order chi connectivity index (χ1) is 18.5. The molecular weight excluding hydrogens is 528 g/mol. The third-order valence-corrected chi connectivity index (χ3v) is 9.84. The van der Waals surface area contributed by atoms with Crippen molar-refractivity contribution < 1.29 is 18.5 Å². The van der Waals surface area contributed by atoms with E-state index in [1.54, 1.807) is 31.5 Å². The molecule has 0 bridgehead atoms. The number of nitrogens with zero attached hydrogens (tertiary/aromatic N) is 3.